The largest absolute Gasteiger partial charge is 0.487 e. The maximum atomic E-state index is 6.57. The molecule has 84 heavy (non-hydrogen) atoms. The first-order valence-corrected chi connectivity index (χ1v) is 30.5. The molecule has 0 aliphatic rings. The standard InChI is InChI=1S/C81H93NO2/c1-74(2,3)56-22-34-62(35-23-56)80(63-36-24-57(25-37-63)75(4,5)6,64-38-26-58(27-39-64)76(7,8)9)68-46-50-72(51-47-68)83-54-70-20-19-21-71(82-70)55-84-73-52-48-69(49-53-73)81(65-40-28-59(29-41-65)77(10,11)12,66-42-30-60(31-43-66)78(13,14)15)67-44-32-61(33-45-67)79(16,17)18/h19-53H,54-55H2,1-18H3. The van der Waals surface area contributed by atoms with Crippen LogP contribution < -0.4 is 9.47 Å². The number of nitrogens with zero attached hydrogens (tertiary/aromatic N) is 1. The van der Waals surface area contributed by atoms with Crippen LogP contribution in [-0.4, -0.2) is 4.98 Å². The van der Waals surface area contributed by atoms with Gasteiger partial charge in [0.1, 0.15) is 24.7 Å². The number of aromatic nitrogens is 1. The van der Waals surface area contributed by atoms with Gasteiger partial charge in [-0.25, -0.2) is 0 Å². The van der Waals surface area contributed by atoms with E-state index in [0.717, 1.165) is 22.9 Å². The zero-order chi connectivity index (χ0) is 60.7. The van der Waals surface area contributed by atoms with Gasteiger partial charge >= 0.3 is 0 Å². The third-order valence-electron chi connectivity index (χ3n) is 17.3. The summed E-state index contributed by atoms with van der Waals surface area (Å²) in [6.07, 6.45) is 0. The summed E-state index contributed by atoms with van der Waals surface area (Å²) in [5, 5.41) is 0. The molecule has 0 bridgehead atoms. The van der Waals surface area contributed by atoms with Crippen molar-refractivity contribution in [1.82, 2.24) is 4.98 Å². The molecule has 0 spiro atoms. The second kappa shape index (κ2) is 23.2. The number of ether oxygens (including phenoxy) is 2. The molecule has 0 saturated carbocycles. The van der Waals surface area contributed by atoms with Crippen LogP contribution >= 0.6 is 0 Å². The molecule has 8 aromatic carbocycles. The van der Waals surface area contributed by atoms with Crippen molar-refractivity contribution < 1.29 is 9.47 Å². The molecule has 0 unspecified atom stereocenters. The van der Waals surface area contributed by atoms with E-state index in [1.165, 1.54) is 77.9 Å². The van der Waals surface area contributed by atoms with Crippen LogP contribution in [0.4, 0.5) is 0 Å². The molecule has 434 valence electrons. The lowest BCUT2D eigenvalue weighted by Crippen LogP contribution is -2.31. The average Bonchev–Trinajstić information content (AvgIpc) is 3.58. The molecular weight excluding hydrogens is 1020 g/mol. The minimum Gasteiger partial charge on any atom is -0.487 e. The SMILES string of the molecule is CC(C)(C)c1ccc(C(c2ccc(OCc3cccc(COc4ccc(C(c5ccc(C(C)(C)C)cc5)(c5ccc(C(C)(C)C)cc5)c5ccc(C(C)(C)C)cc5)cc4)n3)cc2)(c2ccc(C(C)(C)C)cc2)c2ccc(C(C)(C)C)cc2)cc1. The van der Waals surface area contributed by atoms with E-state index in [9.17, 15) is 0 Å². The minimum atomic E-state index is -0.615. The summed E-state index contributed by atoms with van der Waals surface area (Å²) in [6, 6.07) is 79.5. The Bertz CT molecular complexity index is 3100. The summed E-state index contributed by atoms with van der Waals surface area (Å²) in [6.45, 7) is 41.7. The van der Waals surface area contributed by atoms with Gasteiger partial charge in [0, 0.05) is 0 Å². The van der Waals surface area contributed by atoms with E-state index in [2.05, 4.69) is 319 Å². The quantitative estimate of drug-likeness (QED) is 0.102. The summed E-state index contributed by atoms with van der Waals surface area (Å²) in [7, 11) is 0. The monoisotopic (exact) mass is 1110 g/mol. The predicted octanol–water partition coefficient (Wildman–Crippen LogP) is 20.8. The fourth-order valence-corrected chi connectivity index (χ4v) is 11.9. The highest BCUT2D eigenvalue weighted by atomic mass is 16.5. The van der Waals surface area contributed by atoms with Gasteiger partial charge in [-0.1, -0.05) is 301 Å². The Kier molecular flexibility index (Phi) is 16.8. The van der Waals surface area contributed by atoms with Crippen LogP contribution in [0.3, 0.4) is 0 Å². The lowest BCUT2D eigenvalue weighted by molar-refractivity contribution is 0.290. The predicted molar refractivity (Wildman–Crippen MR) is 355 cm³/mol. The van der Waals surface area contributed by atoms with E-state index < -0.39 is 10.8 Å². The Morgan fingerprint density at radius 2 is 0.369 bits per heavy atom. The second-order valence-corrected chi connectivity index (χ2v) is 29.7. The molecule has 0 N–H and O–H groups in total. The van der Waals surface area contributed by atoms with Crippen LogP contribution in [0, 0.1) is 0 Å². The van der Waals surface area contributed by atoms with Crippen molar-refractivity contribution in [2.24, 2.45) is 0 Å². The van der Waals surface area contributed by atoms with E-state index in [4.69, 9.17) is 14.5 Å². The first-order chi connectivity index (χ1) is 39.4. The topological polar surface area (TPSA) is 31.4 Å². The van der Waals surface area contributed by atoms with Crippen molar-refractivity contribution in [2.45, 2.75) is 181 Å². The van der Waals surface area contributed by atoms with Crippen molar-refractivity contribution in [3.63, 3.8) is 0 Å². The molecule has 0 aliphatic heterocycles. The third kappa shape index (κ3) is 12.9. The van der Waals surface area contributed by atoms with Crippen molar-refractivity contribution >= 4 is 0 Å². The van der Waals surface area contributed by atoms with Crippen molar-refractivity contribution in [2.75, 3.05) is 0 Å². The molecule has 0 radical (unpaired) electrons. The van der Waals surface area contributed by atoms with Gasteiger partial charge in [-0.05, 0) is 147 Å². The van der Waals surface area contributed by atoms with Gasteiger partial charge in [0.15, 0.2) is 0 Å². The maximum Gasteiger partial charge on any atom is 0.130 e. The fourth-order valence-electron chi connectivity index (χ4n) is 11.9. The Morgan fingerprint density at radius 1 is 0.214 bits per heavy atom. The van der Waals surface area contributed by atoms with Crippen molar-refractivity contribution in [3.8, 4) is 11.5 Å². The van der Waals surface area contributed by atoms with Gasteiger partial charge in [-0.2, -0.15) is 0 Å². The number of hydrogen-bond acceptors (Lipinski definition) is 3. The Labute approximate surface area is 506 Å². The first-order valence-electron chi connectivity index (χ1n) is 30.5. The van der Waals surface area contributed by atoms with Crippen molar-refractivity contribution in [3.05, 3.63) is 302 Å². The number of pyridine rings is 1. The van der Waals surface area contributed by atoms with Crippen LogP contribution in [-0.2, 0) is 56.5 Å². The summed E-state index contributed by atoms with van der Waals surface area (Å²) in [5.41, 5.74) is 18.0. The van der Waals surface area contributed by atoms with E-state index in [-0.39, 0.29) is 32.5 Å². The zero-order valence-corrected chi connectivity index (χ0v) is 53.9. The fraction of sp³-hybridized carbons (Fsp3) is 0.346. The van der Waals surface area contributed by atoms with Gasteiger partial charge in [-0.3, -0.25) is 4.98 Å². The Morgan fingerprint density at radius 3 is 0.536 bits per heavy atom. The van der Waals surface area contributed by atoms with Gasteiger partial charge < -0.3 is 9.47 Å². The molecule has 3 heteroatoms. The molecule has 0 atom stereocenters. The highest BCUT2D eigenvalue weighted by molar-refractivity contribution is 5.63. The maximum absolute atomic E-state index is 6.57. The molecule has 3 nitrogen and oxygen atoms in total. The van der Waals surface area contributed by atoms with E-state index >= 15 is 0 Å². The first kappa shape index (κ1) is 61.1. The molecule has 0 aliphatic carbocycles. The lowest BCUT2D eigenvalue weighted by atomic mass is 9.64. The van der Waals surface area contributed by atoms with E-state index in [1.807, 2.05) is 18.2 Å². The molecule has 1 aromatic heterocycles. The summed E-state index contributed by atoms with van der Waals surface area (Å²) in [5.74, 6) is 1.56. The highest BCUT2D eigenvalue weighted by Gasteiger charge is 2.41. The highest BCUT2D eigenvalue weighted by Crippen LogP contribution is 2.49. The van der Waals surface area contributed by atoms with Crippen LogP contribution in [0.2, 0.25) is 0 Å². The van der Waals surface area contributed by atoms with Crippen molar-refractivity contribution in [1.29, 1.82) is 0 Å². The van der Waals surface area contributed by atoms with Crippen LogP contribution in [0.25, 0.3) is 0 Å². The van der Waals surface area contributed by atoms with Gasteiger partial charge in [-0.15, -0.1) is 0 Å². The second-order valence-electron chi connectivity index (χ2n) is 29.7. The average molecular weight is 1110 g/mol. The molecule has 1 heterocycles. The Balaban J connectivity index is 0.999. The molecule has 0 saturated heterocycles. The van der Waals surface area contributed by atoms with E-state index in [1.54, 1.807) is 0 Å². The van der Waals surface area contributed by atoms with Gasteiger partial charge in [0.2, 0.25) is 0 Å². The summed E-state index contributed by atoms with van der Waals surface area (Å²) < 4.78 is 13.1. The molecular formula is C81H93NO2. The van der Waals surface area contributed by atoms with Crippen LogP contribution in [0.15, 0.2) is 212 Å². The summed E-state index contributed by atoms with van der Waals surface area (Å²) in [4.78, 5) is 5.05. The number of hydrogen-bond donors (Lipinski definition) is 0. The summed E-state index contributed by atoms with van der Waals surface area (Å²) >= 11 is 0. The third-order valence-corrected chi connectivity index (χ3v) is 17.3. The Hall–Kier alpha value is -7.49. The molecule has 9 rings (SSSR count). The van der Waals surface area contributed by atoms with E-state index in [0.29, 0.717) is 13.2 Å². The van der Waals surface area contributed by atoms with Crippen LogP contribution in [0.1, 0.15) is 214 Å². The smallest absolute Gasteiger partial charge is 0.130 e. The lowest BCUT2D eigenvalue weighted by Gasteiger charge is -2.38. The van der Waals surface area contributed by atoms with Crippen LogP contribution in [0.5, 0.6) is 11.5 Å². The molecule has 0 fully saturated rings. The van der Waals surface area contributed by atoms with Gasteiger partial charge in [0.25, 0.3) is 0 Å². The molecule has 0 amide bonds. The number of rotatable bonds is 14. The normalized spacial score (nSPS) is 13.0. The zero-order valence-electron chi connectivity index (χ0n) is 53.9. The molecule has 9 aromatic rings. The minimum absolute atomic E-state index is 0.0207. The van der Waals surface area contributed by atoms with Gasteiger partial charge in [0.05, 0.1) is 22.2 Å². The number of benzene rings is 8.